The Balaban J connectivity index is 1.88. The SMILES string of the molecule is CCCCN(CC(=O)Nc1cc(C(C)(C)C)nn1-c1ccc(Cl)cc1)S(=O)(=O)c1ccc(NC(C)=O)cc1. The van der Waals surface area contributed by atoms with E-state index < -0.39 is 15.9 Å². The van der Waals surface area contributed by atoms with Crippen LogP contribution in [0.15, 0.2) is 59.5 Å². The Morgan fingerprint density at radius 1 is 1.03 bits per heavy atom. The van der Waals surface area contributed by atoms with Crippen LogP contribution in [0.2, 0.25) is 5.02 Å². The number of benzene rings is 2. The van der Waals surface area contributed by atoms with Crippen molar-refractivity contribution in [2.24, 2.45) is 0 Å². The molecule has 0 spiro atoms. The van der Waals surface area contributed by atoms with Gasteiger partial charge in [-0.05, 0) is 55.0 Å². The van der Waals surface area contributed by atoms with Crippen LogP contribution in [-0.2, 0) is 25.0 Å². The molecule has 2 N–H and O–H groups in total. The second-order valence-electron chi connectivity index (χ2n) is 10.00. The predicted octanol–water partition coefficient (Wildman–Crippen LogP) is 5.21. The molecule has 0 unspecified atom stereocenters. The zero-order valence-corrected chi connectivity index (χ0v) is 23.9. The summed E-state index contributed by atoms with van der Waals surface area (Å²) in [6.45, 7) is 9.19. The number of carbonyl (C=O) groups is 2. The zero-order valence-electron chi connectivity index (χ0n) is 22.3. The van der Waals surface area contributed by atoms with Crippen LogP contribution in [0.5, 0.6) is 0 Å². The third-order valence-corrected chi connectivity index (χ3v) is 7.82. The molecule has 2 amide bonds. The van der Waals surface area contributed by atoms with Gasteiger partial charge in [0.2, 0.25) is 21.8 Å². The van der Waals surface area contributed by atoms with E-state index in [2.05, 4.69) is 15.7 Å². The van der Waals surface area contributed by atoms with E-state index in [-0.39, 0.29) is 29.3 Å². The largest absolute Gasteiger partial charge is 0.326 e. The summed E-state index contributed by atoms with van der Waals surface area (Å²) in [7, 11) is -3.97. The summed E-state index contributed by atoms with van der Waals surface area (Å²) in [4.78, 5) is 24.5. The minimum Gasteiger partial charge on any atom is -0.326 e. The Bertz CT molecular complexity index is 1380. The monoisotopic (exact) mass is 559 g/mol. The summed E-state index contributed by atoms with van der Waals surface area (Å²) >= 11 is 6.04. The number of hydrogen-bond acceptors (Lipinski definition) is 5. The lowest BCUT2D eigenvalue weighted by molar-refractivity contribution is -0.116. The number of amides is 2. The third-order valence-electron chi connectivity index (χ3n) is 5.71. The smallest absolute Gasteiger partial charge is 0.243 e. The number of halogens is 1. The van der Waals surface area contributed by atoms with Gasteiger partial charge in [0, 0.05) is 35.7 Å². The third kappa shape index (κ3) is 7.43. The minimum absolute atomic E-state index is 0.0386. The standard InChI is InChI=1S/C27H34ClN5O4S/c1-6-7-16-32(38(36,37)23-14-10-21(11-15-23)29-19(2)34)18-26(35)30-25-17-24(27(3,4)5)31-33(25)22-12-8-20(28)9-13-22/h8-15,17H,6-7,16,18H2,1-5H3,(H,29,34)(H,30,35). The Morgan fingerprint density at radius 2 is 1.66 bits per heavy atom. The molecule has 0 aliphatic heterocycles. The predicted molar refractivity (Wildman–Crippen MR) is 150 cm³/mol. The Hall–Kier alpha value is -3.21. The van der Waals surface area contributed by atoms with Crippen molar-refractivity contribution in [3.8, 4) is 5.69 Å². The molecule has 0 saturated heterocycles. The highest BCUT2D eigenvalue weighted by molar-refractivity contribution is 7.89. The van der Waals surface area contributed by atoms with Crippen molar-refractivity contribution in [2.75, 3.05) is 23.7 Å². The molecule has 0 atom stereocenters. The number of rotatable bonds is 10. The first-order valence-corrected chi connectivity index (χ1v) is 14.2. The highest BCUT2D eigenvalue weighted by atomic mass is 35.5. The van der Waals surface area contributed by atoms with Crippen molar-refractivity contribution in [3.05, 3.63) is 65.3 Å². The fourth-order valence-corrected chi connectivity index (χ4v) is 5.20. The molecule has 3 aromatic rings. The lowest BCUT2D eigenvalue weighted by atomic mass is 9.92. The van der Waals surface area contributed by atoms with Gasteiger partial charge in [0.25, 0.3) is 0 Å². The Kier molecular flexibility index (Phi) is 9.35. The van der Waals surface area contributed by atoms with E-state index in [1.54, 1.807) is 35.0 Å². The molecule has 0 bridgehead atoms. The van der Waals surface area contributed by atoms with Crippen LogP contribution in [0, 0.1) is 0 Å². The Morgan fingerprint density at radius 3 is 2.21 bits per heavy atom. The number of hydrogen-bond donors (Lipinski definition) is 2. The normalized spacial score (nSPS) is 12.0. The molecular formula is C27H34ClN5O4S. The maximum atomic E-state index is 13.4. The van der Waals surface area contributed by atoms with Crippen LogP contribution < -0.4 is 10.6 Å². The van der Waals surface area contributed by atoms with E-state index in [0.29, 0.717) is 28.6 Å². The van der Waals surface area contributed by atoms with Crippen molar-refractivity contribution < 1.29 is 18.0 Å². The summed E-state index contributed by atoms with van der Waals surface area (Å²) in [6.07, 6.45) is 1.35. The molecule has 11 heteroatoms. The molecule has 3 rings (SSSR count). The topological polar surface area (TPSA) is 113 Å². The van der Waals surface area contributed by atoms with E-state index in [1.807, 2.05) is 27.7 Å². The van der Waals surface area contributed by atoms with Gasteiger partial charge in [-0.2, -0.15) is 9.40 Å². The van der Waals surface area contributed by atoms with Gasteiger partial charge in [-0.15, -0.1) is 0 Å². The molecule has 0 aliphatic rings. The van der Waals surface area contributed by atoms with Gasteiger partial charge in [0.05, 0.1) is 22.8 Å². The molecule has 0 aliphatic carbocycles. The van der Waals surface area contributed by atoms with E-state index in [1.165, 1.54) is 35.5 Å². The van der Waals surface area contributed by atoms with Gasteiger partial charge in [-0.3, -0.25) is 9.59 Å². The van der Waals surface area contributed by atoms with E-state index >= 15 is 0 Å². The van der Waals surface area contributed by atoms with Crippen LogP contribution in [0.25, 0.3) is 5.69 Å². The first-order valence-electron chi connectivity index (χ1n) is 12.4. The second kappa shape index (κ2) is 12.1. The maximum absolute atomic E-state index is 13.4. The average molecular weight is 560 g/mol. The molecule has 0 fully saturated rings. The summed E-state index contributed by atoms with van der Waals surface area (Å²) in [6, 6.07) is 14.7. The van der Waals surface area contributed by atoms with Gasteiger partial charge in [0.15, 0.2) is 0 Å². The lowest BCUT2D eigenvalue weighted by Gasteiger charge is -2.22. The average Bonchev–Trinajstić information content (AvgIpc) is 3.26. The highest BCUT2D eigenvalue weighted by Crippen LogP contribution is 2.27. The van der Waals surface area contributed by atoms with Crippen LogP contribution in [0.1, 0.15) is 53.2 Å². The number of unbranched alkanes of at least 4 members (excludes halogenated alkanes) is 1. The summed E-state index contributed by atoms with van der Waals surface area (Å²) in [5.74, 6) is -0.320. The van der Waals surface area contributed by atoms with Crippen LogP contribution in [-0.4, -0.2) is 47.4 Å². The van der Waals surface area contributed by atoms with E-state index in [4.69, 9.17) is 11.6 Å². The van der Waals surface area contributed by atoms with Crippen LogP contribution >= 0.6 is 11.6 Å². The van der Waals surface area contributed by atoms with Crippen molar-refractivity contribution in [1.29, 1.82) is 0 Å². The van der Waals surface area contributed by atoms with Gasteiger partial charge in [-0.1, -0.05) is 45.7 Å². The first-order chi connectivity index (χ1) is 17.8. The van der Waals surface area contributed by atoms with Crippen molar-refractivity contribution in [2.45, 2.75) is 57.8 Å². The fourth-order valence-electron chi connectivity index (χ4n) is 3.64. The zero-order chi connectivity index (χ0) is 28.1. The molecule has 38 heavy (non-hydrogen) atoms. The molecule has 0 saturated carbocycles. The molecule has 9 nitrogen and oxygen atoms in total. The number of nitrogens with zero attached hydrogens (tertiary/aromatic N) is 3. The summed E-state index contributed by atoms with van der Waals surface area (Å²) < 4.78 is 29.7. The lowest BCUT2D eigenvalue weighted by Crippen LogP contribution is -2.38. The molecular weight excluding hydrogens is 526 g/mol. The van der Waals surface area contributed by atoms with Gasteiger partial charge >= 0.3 is 0 Å². The van der Waals surface area contributed by atoms with E-state index in [0.717, 1.165) is 12.1 Å². The van der Waals surface area contributed by atoms with Crippen molar-refractivity contribution in [1.82, 2.24) is 14.1 Å². The van der Waals surface area contributed by atoms with Crippen LogP contribution in [0.4, 0.5) is 11.5 Å². The number of nitrogens with one attached hydrogen (secondary N) is 2. The first kappa shape index (κ1) is 29.3. The molecule has 0 radical (unpaired) electrons. The van der Waals surface area contributed by atoms with Gasteiger partial charge < -0.3 is 10.6 Å². The number of carbonyl (C=O) groups excluding carboxylic acids is 2. The number of anilines is 2. The fraction of sp³-hybridized carbons (Fsp3) is 0.370. The van der Waals surface area contributed by atoms with Gasteiger partial charge in [0.1, 0.15) is 5.82 Å². The quantitative estimate of drug-likeness (QED) is 0.354. The van der Waals surface area contributed by atoms with Gasteiger partial charge in [-0.25, -0.2) is 13.1 Å². The van der Waals surface area contributed by atoms with Crippen molar-refractivity contribution >= 4 is 44.9 Å². The minimum atomic E-state index is -3.97. The van der Waals surface area contributed by atoms with Crippen molar-refractivity contribution in [3.63, 3.8) is 0 Å². The van der Waals surface area contributed by atoms with Crippen LogP contribution in [0.3, 0.4) is 0 Å². The summed E-state index contributed by atoms with van der Waals surface area (Å²) in [5, 5.41) is 10.7. The maximum Gasteiger partial charge on any atom is 0.243 e. The highest BCUT2D eigenvalue weighted by Gasteiger charge is 2.27. The molecule has 1 aromatic heterocycles. The van der Waals surface area contributed by atoms with E-state index in [9.17, 15) is 18.0 Å². The molecule has 204 valence electrons. The number of aromatic nitrogens is 2. The Labute approximate surface area is 229 Å². The summed E-state index contributed by atoms with van der Waals surface area (Å²) in [5.41, 5.74) is 1.67. The second-order valence-corrected chi connectivity index (χ2v) is 12.4. The molecule has 2 aromatic carbocycles. The number of sulfonamides is 1. The molecule has 1 heterocycles.